The fraction of sp³-hybridized carbons (Fsp3) is 0.900. The van der Waals surface area contributed by atoms with Gasteiger partial charge in [-0.1, -0.05) is 0 Å². The van der Waals surface area contributed by atoms with Crippen molar-refractivity contribution in [1.29, 1.82) is 0 Å². The maximum atomic E-state index is 11.2. The molecule has 2 rings (SSSR count). The van der Waals surface area contributed by atoms with Gasteiger partial charge in [-0.25, -0.2) is 0 Å². The smallest absolute Gasteiger partial charge is 0.133 e. The zero-order valence-corrected chi connectivity index (χ0v) is 7.42. The minimum absolute atomic E-state index is 0.411. The van der Waals surface area contributed by atoms with Gasteiger partial charge in [-0.15, -0.1) is 0 Å². The van der Waals surface area contributed by atoms with Gasteiger partial charge in [0.1, 0.15) is 5.78 Å². The molecule has 68 valence electrons. The van der Waals surface area contributed by atoms with Crippen molar-refractivity contribution < 1.29 is 9.53 Å². The first-order chi connectivity index (χ1) is 5.86. The van der Waals surface area contributed by atoms with Crippen LogP contribution < -0.4 is 0 Å². The first kappa shape index (κ1) is 8.24. The van der Waals surface area contributed by atoms with Crippen LogP contribution in [0, 0.1) is 5.92 Å². The largest absolute Gasteiger partial charge is 0.378 e. The van der Waals surface area contributed by atoms with E-state index in [1.807, 2.05) is 0 Å². The van der Waals surface area contributed by atoms with E-state index >= 15 is 0 Å². The second-order valence-electron chi connectivity index (χ2n) is 3.95. The Morgan fingerprint density at radius 1 is 1.25 bits per heavy atom. The molecule has 0 aromatic carbocycles. The average Bonchev–Trinajstić information content (AvgIpc) is 2.56. The van der Waals surface area contributed by atoms with Gasteiger partial charge in [-0.05, 0) is 31.6 Å². The first-order valence-electron chi connectivity index (χ1n) is 4.99. The second-order valence-corrected chi connectivity index (χ2v) is 3.95. The summed E-state index contributed by atoms with van der Waals surface area (Å²) in [6.07, 6.45) is 6.66. The van der Waals surface area contributed by atoms with Crippen LogP contribution in [0.15, 0.2) is 0 Å². The fourth-order valence-electron chi connectivity index (χ4n) is 2.35. The lowest BCUT2D eigenvalue weighted by Crippen LogP contribution is -2.26. The molecule has 2 heteroatoms. The molecule has 1 heterocycles. The third-order valence-corrected chi connectivity index (χ3v) is 3.01. The summed E-state index contributed by atoms with van der Waals surface area (Å²) in [5.41, 5.74) is 0. The van der Waals surface area contributed by atoms with E-state index in [2.05, 4.69) is 0 Å². The first-order valence-corrected chi connectivity index (χ1v) is 4.99. The topological polar surface area (TPSA) is 26.3 Å². The van der Waals surface area contributed by atoms with Gasteiger partial charge < -0.3 is 4.74 Å². The van der Waals surface area contributed by atoms with Gasteiger partial charge in [0.05, 0.1) is 6.10 Å². The quantitative estimate of drug-likeness (QED) is 0.598. The van der Waals surface area contributed by atoms with Crippen molar-refractivity contribution in [1.82, 2.24) is 0 Å². The van der Waals surface area contributed by atoms with Gasteiger partial charge >= 0.3 is 0 Å². The maximum Gasteiger partial charge on any atom is 0.133 e. The highest BCUT2D eigenvalue weighted by Crippen LogP contribution is 2.30. The van der Waals surface area contributed by atoms with Crippen LogP contribution in [-0.2, 0) is 9.53 Å². The molecule has 0 spiro atoms. The van der Waals surface area contributed by atoms with Gasteiger partial charge in [-0.3, -0.25) is 4.79 Å². The molecule has 0 N–H and O–H groups in total. The molecule has 0 radical (unpaired) electrons. The van der Waals surface area contributed by atoms with E-state index in [4.69, 9.17) is 4.74 Å². The molecule has 1 aliphatic carbocycles. The molecular weight excluding hydrogens is 152 g/mol. The number of ketones is 1. The van der Waals surface area contributed by atoms with Crippen LogP contribution >= 0.6 is 0 Å². The highest BCUT2D eigenvalue weighted by Gasteiger charge is 2.29. The van der Waals surface area contributed by atoms with Gasteiger partial charge in [0, 0.05) is 19.4 Å². The molecule has 0 aromatic rings. The average molecular weight is 168 g/mol. The summed E-state index contributed by atoms with van der Waals surface area (Å²) in [6.45, 7) is 0.912. The van der Waals surface area contributed by atoms with E-state index in [0.717, 1.165) is 25.9 Å². The second kappa shape index (κ2) is 3.56. The predicted octanol–water partition coefficient (Wildman–Crippen LogP) is 1.92. The predicted molar refractivity (Wildman–Crippen MR) is 45.9 cm³/mol. The van der Waals surface area contributed by atoms with Crippen LogP contribution in [0.4, 0.5) is 0 Å². The summed E-state index contributed by atoms with van der Waals surface area (Å²) >= 11 is 0. The Bertz CT molecular complexity index is 171. The number of hydrogen-bond acceptors (Lipinski definition) is 2. The summed E-state index contributed by atoms with van der Waals surface area (Å²) in [6, 6.07) is 0. The summed E-state index contributed by atoms with van der Waals surface area (Å²) in [4.78, 5) is 11.2. The molecule has 0 aromatic heterocycles. The molecule has 2 unspecified atom stereocenters. The minimum Gasteiger partial charge on any atom is -0.378 e. The van der Waals surface area contributed by atoms with Gasteiger partial charge in [0.15, 0.2) is 0 Å². The van der Waals surface area contributed by atoms with Crippen molar-refractivity contribution in [3.63, 3.8) is 0 Å². The minimum atomic E-state index is 0.411. The normalized spacial score (nSPS) is 37.2. The molecule has 1 saturated heterocycles. The van der Waals surface area contributed by atoms with Crippen LogP contribution in [0.25, 0.3) is 0 Å². The Morgan fingerprint density at radius 2 is 2.17 bits per heavy atom. The number of hydrogen-bond donors (Lipinski definition) is 0. The standard InChI is InChI=1S/C10H16O2/c11-9-4-1-3-8(7-9)10-5-2-6-12-10/h8,10H,1-7H2. The van der Waals surface area contributed by atoms with Crippen molar-refractivity contribution in [3.05, 3.63) is 0 Å². The Labute approximate surface area is 73.3 Å². The van der Waals surface area contributed by atoms with Crippen molar-refractivity contribution in [2.45, 2.75) is 44.6 Å². The molecule has 1 aliphatic heterocycles. The SMILES string of the molecule is O=C1CCCC(C2CCCO2)C1. The van der Waals surface area contributed by atoms with E-state index in [1.54, 1.807) is 0 Å². The molecule has 1 saturated carbocycles. The van der Waals surface area contributed by atoms with E-state index in [0.29, 0.717) is 17.8 Å². The van der Waals surface area contributed by atoms with Crippen LogP contribution in [-0.4, -0.2) is 18.5 Å². The van der Waals surface area contributed by atoms with E-state index in [-0.39, 0.29) is 0 Å². The molecule has 2 nitrogen and oxygen atoms in total. The van der Waals surface area contributed by atoms with E-state index in [9.17, 15) is 4.79 Å². The summed E-state index contributed by atoms with van der Waals surface area (Å²) in [5.74, 6) is 0.996. The zero-order chi connectivity index (χ0) is 8.39. The summed E-state index contributed by atoms with van der Waals surface area (Å²) in [5, 5.41) is 0. The van der Waals surface area contributed by atoms with Crippen LogP contribution in [0.3, 0.4) is 0 Å². The lowest BCUT2D eigenvalue weighted by molar-refractivity contribution is -0.123. The van der Waals surface area contributed by atoms with Crippen molar-refractivity contribution in [3.8, 4) is 0 Å². The van der Waals surface area contributed by atoms with Crippen LogP contribution in [0.2, 0.25) is 0 Å². The van der Waals surface area contributed by atoms with E-state index < -0.39 is 0 Å². The molecule has 2 atom stereocenters. The summed E-state index contributed by atoms with van der Waals surface area (Å²) in [7, 11) is 0. The highest BCUT2D eigenvalue weighted by atomic mass is 16.5. The fourth-order valence-corrected chi connectivity index (χ4v) is 2.35. The van der Waals surface area contributed by atoms with Gasteiger partial charge in [-0.2, -0.15) is 0 Å². The molecule has 2 fully saturated rings. The molecule has 12 heavy (non-hydrogen) atoms. The maximum absolute atomic E-state index is 11.2. The van der Waals surface area contributed by atoms with Crippen molar-refractivity contribution >= 4 is 5.78 Å². The van der Waals surface area contributed by atoms with Gasteiger partial charge in [0.25, 0.3) is 0 Å². The zero-order valence-electron chi connectivity index (χ0n) is 7.42. The Balaban J connectivity index is 1.89. The molecule has 0 bridgehead atoms. The van der Waals surface area contributed by atoms with Gasteiger partial charge in [0.2, 0.25) is 0 Å². The van der Waals surface area contributed by atoms with Crippen molar-refractivity contribution in [2.24, 2.45) is 5.92 Å². The third-order valence-electron chi connectivity index (χ3n) is 3.01. The lowest BCUT2D eigenvalue weighted by Gasteiger charge is -2.25. The molecular formula is C10H16O2. The highest BCUT2D eigenvalue weighted by molar-refractivity contribution is 5.79. The Kier molecular flexibility index (Phi) is 2.45. The number of rotatable bonds is 1. The lowest BCUT2D eigenvalue weighted by atomic mass is 9.84. The summed E-state index contributed by atoms with van der Waals surface area (Å²) < 4.78 is 5.59. The Morgan fingerprint density at radius 3 is 2.83 bits per heavy atom. The van der Waals surface area contributed by atoms with Crippen LogP contribution in [0.1, 0.15) is 38.5 Å². The van der Waals surface area contributed by atoms with Crippen LogP contribution in [0.5, 0.6) is 0 Å². The Hall–Kier alpha value is -0.370. The number of ether oxygens (including phenoxy) is 1. The van der Waals surface area contributed by atoms with Crippen molar-refractivity contribution in [2.75, 3.05) is 6.61 Å². The number of carbonyl (C=O) groups is 1. The molecule has 2 aliphatic rings. The number of carbonyl (C=O) groups excluding carboxylic acids is 1. The third kappa shape index (κ3) is 1.69. The molecule has 0 amide bonds. The number of Topliss-reactive ketones (excluding diaryl/α,β-unsaturated/α-hetero) is 1. The van der Waals surface area contributed by atoms with E-state index in [1.165, 1.54) is 19.3 Å². The monoisotopic (exact) mass is 168 g/mol.